The Kier molecular flexibility index (Phi) is 5.42. The second kappa shape index (κ2) is 8.00. The Labute approximate surface area is 170 Å². The van der Waals surface area contributed by atoms with Gasteiger partial charge in [-0.05, 0) is 24.3 Å². The molecular formula is C19H18ClF3N6. The number of halogens is 4. The van der Waals surface area contributed by atoms with Gasteiger partial charge in [0.15, 0.2) is 0 Å². The number of nitrogens with zero attached hydrogens (tertiary/aromatic N) is 6. The standard InChI is InChI=1S/C19H18ClF3N6/c20-16-11-15(19(21,22)23)12-25-18(16)28-9-7-27(8-10-28)13-29-17(3-6-26-29)14-1-4-24-5-2-14/h1-6,11-12H,7-10,13H2. The lowest BCUT2D eigenvalue weighted by Gasteiger charge is -2.35. The lowest BCUT2D eigenvalue weighted by atomic mass is 10.2. The summed E-state index contributed by atoms with van der Waals surface area (Å²) in [5.74, 6) is 0.385. The zero-order valence-electron chi connectivity index (χ0n) is 15.3. The summed E-state index contributed by atoms with van der Waals surface area (Å²) in [6, 6.07) is 6.76. The van der Waals surface area contributed by atoms with Crippen LogP contribution < -0.4 is 4.90 Å². The summed E-state index contributed by atoms with van der Waals surface area (Å²) in [4.78, 5) is 12.1. The number of hydrogen-bond acceptors (Lipinski definition) is 5. The van der Waals surface area contributed by atoms with Crippen LogP contribution in [0.2, 0.25) is 5.02 Å². The minimum absolute atomic E-state index is 0.0142. The van der Waals surface area contributed by atoms with Gasteiger partial charge in [-0.1, -0.05) is 11.6 Å². The van der Waals surface area contributed by atoms with Crippen LogP contribution >= 0.6 is 11.6 Å². The highest BCUT2D eigenvalue weighted by molar-refractivity contribution is 6.33. The average Bonchev–Trinajstić information content (AvgIpc) is 3.17. The summed E-state index contributed by atoms with van der Waals surface area (Å²) < 4.78 is 40.3. The second-order valence-corrected chi connectivity index (χ2v) is 7.13. The van der Waals surface area contributed by atoms with Crippen molar-refractivity contribution in [2.24, 2.45) is 0 Å². The summed E-state index contributed by atoms with van der Waals surface area (Å²) >= 11 is 6.07. The highest BCUT2D eigenvalue weighted by atomic mass is 35.5. The number of aromatic nitrogens is 4. The van der Waals surface area contributed by atoms with E-state index >= 15 is 0 Å². The molecule has 3 aromatic heterocycles. The van der Waals surface area contributed by atoms with Gasteiger partial charge in [-0.15, -0.1) is 0 Å². The smallest absolute Gasteiger partial charge is 0.353 e. The van der Waals surface area contributed by atoms with Crippen molar-refractivity contribution in [1.29, 1.82) is 0 Å². The molecule has 0 aromatic carbocycles. The summed E-state index contributed by atoms with van der Waals surface area (Å²) in [7, 11) is 0. The van der Waals surface area contributed by atoms with Crippen molar-refractivity contribution in [2.45, 2.75) is 12.8 Å². The lowest BCUT2D eigenvalue weighted by Crippen LogP contribution is -2.47. The maximum absolute atomic E-state index is 12.8. The SMILES string of the molecule is FC(F)(F)c1cnc(N2CCN(Cn3nccc3-c3ccncc3)CC2)c(Cl)c1. The zero-order valence-corrected chi connectivity index (χ0v) is 16.1. The zero-order chi connectivity index (χ0) is 20.4. The fourth-order valence-corrected chi connectivity index (χ4v) is 3.61. The molecule has 1 aliphatic rings. The molecule has 0 radical (unpaired) electrons. The number of piperazine rings is 1. The molecule has 0 atom stereocenters. The Morgan fingerprint density at radius 3 is 2.38 bits per heavy atom. The predicted molar refractivity (Wildman–Crippen MR) is 103 cm³/mol. The van der Waals surface area contributed by atoms with Crippen LogP contribution in [-0.2, 0) is 12.8 Å². The van der Waals surface area contributed by atoms with Crippen LogP contribution in [0.25, 0.3) is 11.3 Å². The summed E-state index contributed by atoms with van der Waals surface area (Å²) in [6.07, 6.45) is 1.62. The second-order valence-electron chi connectivity index (χ2n) is 6.73. The normalized spacial score (nSPS) is 15.7. The van der Waals surface area contributed by atoms with Gasteiger partial charge >= 0.3 is 6.18 Å². The first-order chi connectivity index (χ1) is 13.9. The fraction of sp³-hybridized carbons (Fsp3) is 0.316. The van der Waals surface area contributed by atoms with Crippen molar-refractivity contribution in [3.63, 3.8) is 0 Å². The van der Waals surface area contributed by atoms with Crippen LogP contribution in [0.4, 0.5) is 19.0 Å². The van der Waals surface area contributed by atoms with Crippen molar-refractivity contribution < 1.29 is 13.2 Å². The summed E-state index contributed by atoms with van der Waals surface area (Å²) in [6.45, 7) is 3.28. The molecule has 4 heterocycles. The van der Waals surface area contributed by atoms with Gasteiger partial charge < -0.3 is 4.90 Å². The topological polar surface area (TPSA) is 50.1 Å². The Morgan fingerprint density at radius 2 is 1.72 bits per heavy atom. The Bertz CT molecular complexity index is 968. The van der Waals surface area contributed by atoms with Crippen molar-refractivity contribution in [1.82, 2.24) is 24.6 Å². The van der Waals surface area contributed by atoms with E-state index in [-0.39, 0.29) is 5.02 Å². The van der Waals surface area contributed by atoms with E-state index in [0.29, 0.717) is 38.7 Å². The number of pyridine rings is 2. The minimum atomic E-state index is -4.45. The van der Waals surface area contributed by atoms with Crippen LogP contribution in [0.1, 0.15) is 5.56 Å². The van der Waals surface area contributed by atoms with Crippen LogP contribution in [0.15, 0.2) is 49.1 Å². The third-order valence-corrected chi connectivity index (χ3v) is 5.13. The van der Waals surface area contributed by atoms with Gasteiger partial charge in [-0.25, -0.2) is 4.98 Å². The molecule has 0 unspecified atom stereocenters. The van der Waals surface area contributed by atoms with Crippen LogP contribution in [0.5, 0.6) is 0 Å². The highest BCUT2D eigenvalue weighted by Gasteiger charge is 2.32. The van der Waals surface area contributed by atoms with E-state index in [4.69, 9.17) is 11.6 Å². The fourth-order valence-electron chi connectivity index (χ4n) is 3.32. The largest absolute Gasteiger partial charge is 0.417 e. The molecule has 29 heavy (non-hydrogen) atoms. The summed E-state index contributed by atoms with van der Waals surface area (Å²) in [5.41, 5.74) is 1.20. The van der Waals surface area contributed by atoms with Gasteiger partial charge in [0.25, 0.3) is 0 Å². The number of rotatable bonds is 4. The third-order valence-electron chi connectivity index (χ3n) is 4.85. The Balaban J connectivity index is 1.40. The molecule has 10 heteroatoms. The van der Waals surface area contributed by atoms with Crippen molar-refractivity contribution in [2.75, 3.05) is 31.1 Å². The maximum Gasteiger partial charge on any atom is 0.417 e. The average molecular weight is 423 g/mol. The molecule has 0 N–H and O–H groups in total. The number of hydrogen-bond donors (Lipinski definition) is 0. The molecule has 1 fully saturated rings. The molecule has 1 saturated heterocycles. The quantitative estimate of drug-likeness (QED) is 0.640. The maximum atomic E-state index is 12.8. The molecular weight excluding hydrogens is 405 g/mol. The van der Waals surface area contributed by atoms with Gasteiger partial charge in [0.2, 0.25) is 0 Å². The Hall–Kier alpha value is -2.65. The molecule has 0 amide bonds. The van der Waals surface area contributed by atoms with E-state index in [1.807, 2.05) is 27.8 Å². The van der Waals surface area contributed by atoms with Gasteiger partial charge in [0, 0.05) is 56.5 Å². The van der Waals surface area contributed by atoms with E-state index in [0.717, 1.165) is 23.5 Å². The first kappa shape index (κ1) is 19.7. The van der Waals surface area contributed by atoms with E-state index in [1.54, 1.807) is 18.6 Å². The van der Waals surface area contributed by atoms with Crippen LogP contribution in [0, 0.1) is 0 Å². The minimum Gasteiger partial charge on any atom is -0.353 e. The molecule has 1 aliphatic heterocycles. The molecule has 6 nitrogen and oxygen atoms in total. The predicted octanol–water partition coefficient (Wildman–Crippen LogP) is 3.79. The molecule has 0 spiro atoms. The van der Waals surface area contributed by atoms with Crippen molar-refractivity contribution >= 4 is 17.4 Å². The van der Waals surface area contributed by atoms with Gasteiger partial charge in [-0.2, -0.15) is 18.3 Å². The first-order valence-electron chi connectivity index (χ1n) is 9.04. The molecule has 0 bridgehead atoms. The van der Waals surface area contributed by atoms with E-state index in [1.165, 1.54) is 0 Å². The number of anilines is 1. The lowest BCUT2D eigenvalue weighted by molar-refractivity contribution is -0.137. The van der Waals surface area contributed by atoms with Crippen LogP contribution in [-0.4, -0.2) is 50.8 Å². The Morgan fingerprint density at radius 1 is 1.00 bits per heavy atom. The van der Waals surface area contributed by atoms with Crippen molar-refractivity contribution in [3.05, 3.63) is 59.6 Å². The van der Waals surface area contributed by atoms with E-state index < -0.39 is 11.7 Å². The van der Waals surface area contributed by atoms with Gasteiger partial charge in [0.1, 0.15) is 5.82 Å². The summed E-state index contributed by atoms with van der Waals surface area (Å²) in [5, 5.41) is 4.43. The monoisotopic (exact) mass is 422 g/mol. The molecule has 3 aromatic rings. The molecule has 0 aliphatic carbocycles. The molecule has 0 saturated carbocycles. The van der Waals surface area contributed by atoms with Crippen molar-refractivity contribution in [3.8, 4) is 11.3 Å². The van der Waals surface area contributed by atoms with Crippen LogP contribution in [0.3, 0.4) is 0 Å². The molecule has 152 valence electrons. The third kappa shape index (κ3) is 4.35. The highest BCUT2D eigenvalue weighted by Crippen LogP contribution is 2.33. The van der Waals surface area contributed by atoms with E-state index in [9.17, 15) is 13.2 Å². The van der Waals surface area contributed by atoms with E-state index in [2.05, 4.69) is 20.0 Å². The van der Waals surface area contributed by atoms with Gasteiger partial charge in [-0.3, -0.25) is 14.6 Å². The molecule has 4 rings (SSSR count). The first-order valence-corrected chi connectivity index (χ1v) is 9.42. The number of alkyl halides is 3. The van der Waals surface area contributed by atoms with Gasteiger partial charge in [0.05, 0.1) is 22.9 Å².